The van der Waals surface area contributed by atoms with Crippen molar-refractivity contribution in [3.05, 3.63) is 90.2 Å². The highest BCUT2D eigenvalue weighted by atomic mass is 32.2. The molecule has 4 rings (SSSR count). The van der Waals surface area contributed by atoms with Crippen LogP contribution in [0, 0.1) is 5.92 Å². The molecule has 0 N–H and O–H groups in total. The van der Waals surface area contributed by atoms with Gasteiger partial charge >= 0.3 is 0 Å². The number of aromatic nitrogens is 3. The zero-order valence-electron chi connectivity index (χ0n) is 19.1. The van der Waals surface area contributed by atoms with Crippen LogP contribution in [-0.4, -0.2) is 38.4 Å². The molecule has 0 spiro atoms. The number of benzene rings is 2. The van der Waals surface area contributed by atoms with E-state index in [1.54, 1.807) is 6.26 Å². The summed E-state index contributed by atoms with van der Waals surface area (Å²) in [7, 11) is 1.86. The maximum absolute atomic E-state index is 13.3. The van der Waals surface area contributed by atoms with E-state index in [9.17, 15) is 4.79 Å². The number of thioether (sulfide) groups is 1. The summed E-state index contributed by atoms with van der Waals surface area (Å²) in [5.41, 5.74) is 2.15. The van der Waals surface area contributed by atoms with Crippen LogP contribution < -0.4 is 0 Å². The van der Waals surface area contributed by atoms with Crippen LogP contribution in [0.2, 0.25) is 0 Å². The van der Waals surface area contributed by atoms with Gasteiger partial charge in [-0.25, -0.2) is 0 Å². The van der Waals surface area contributed by atoms with Crippen molar-refractivity contribution in [3.8, 4) is 11.6 Å². The average molecular weight is 461 g/mol. The van der Waals surface area contributed by atoms with Crippen molar-refractivity contribution in [1.82, 2.24) is 19.7 Å². The van der Waals surface area contributed by atoms with Gasteiger partial charge in [0.15, 0.2) is 16.7 Å². The monoisotopic (exact) mass is 460 g/mol. The molecule has 4 aromatic rings. The molecule has 0 unspecified atom stereocenters. The molecule has 0 fully saturated rings. The Labute approximate surface area is 198 Å². The number of hydrogen-bond donors (Lipinski definition) is 0. The van der Waals surface area contributed by atoms with Gasteiger partial charge < -0.3 is 9.32 Å². The average Bonchev–Trinajstić information content (AvgIpc) is 3.49. The molecule has 2 aromatic heterocycles. The van der Waals surface area contributed by atoms with Crippen molar-refractivity contribution in [2.75, 3.05) is 12.8 Å². The fourth-order valence-electron chi connectivity index (χ4n) is 3.80. The second-order valence-electron chi connectivity index (χ2n) is 8.31. The van der Waals surface area contributed by atoms with Gasteiger partial charge in [0.25, 0.3) is 0 Å². The van der Waals surface area contributed by atoms with E-state index in [0.29, 0.717) is 22.7 Å². The van der Waals surface area contributed by atoms with Crippen molar-refractivity contribution < 1.29 is 9.21 Å². The Morgan fingerprint density at radius 1 is 0.970 bits per heavy atom. The van der Waals surface area contributed by atoms with Crippen molar-refractivity contribution in [3.63, 3.8) is 0 Å². The molecule has 0 radical (unpaired) electrons. The first-order chi connectivity index (χ1) is 16.0. The number of hydrogen-bond acceptors (Lipinski definition) is 5. The molecule has 0 aliphatic rings. The highest BCUT2D eigenvalue weighted by Crippen LogP contribution is 2.30. The maximum atomic E-state index is 13.3. The van der Waals surface area contributed by atoms with E-state index in [4.69, 9.17) is 4.42 Å². The first-order valence-electron chi connectivity index (χ1n) is 11.0. The fourth-order valence-corrected chi connectivity index (χ4v) is 4.67. The van der Waals surface area contributed by atoms with Gasteiger partial charge in [0.2, 0.25) is 5.91 Å². The molecule has 0 saturated carbocycles. The standard InChI is InChI=1S/C26H28N4O2S/c1-19(2)17-30-25(22-15-10-16-32-22)27-28-26(30)33-18-23(31)29(3)24(20-11-6-4-7-12-20)21-13-8-5-9-14-21/h4-16,19,24H,17-18H2,1-3H3. The van der Waals surface area contributed by atoms with Crippen LogP contribution in [0.3, 0.4) is 0 Å². The molecule has 2 aromatic carbocycles. The van der Waals surface area contributed by atoms with Crippen LogP contribution in [0.5, 0.6) is 0 Å². The van der Waals surface area contributed by atoms with Crippen LogP contribution in [0.4, 0.5) is 0 Å². The van der Waals surface area contributed by atoms with E-state index < -0.39 is 0 Å². The lowest BCUT2D eigenvalue weighted by atomic mass is 9.97. The summed E-state index contributed by atoms with van der Waals surface area (Å²) in [6.07, 6.45) is 1.63. The van der Waals surface area contributed by atoms with Gasteiger partial charge in [-0.2, -0.15) is 0 Å². The predicted octanol–water partition coefficient (Wildman–Crippen LogP) is 5.53. The van der Waals surface area contributed by atoms with E-state index in [1.807, 2.05) is 65.0 Å². The largest absolute Gasteiger partial charge is 0.461 e. The van der Waals surface area contributed by atoms with Crippen LogP contribution >= 0.6 is 11.8 Å². The number of rotatable bonds is 9. The molecule has 1 amide bonds. The molecule has 7 heteroatoms. The molecule has 0 atom stereocenters. The third kappa shape index (κ3) is 5.37. The zero-order valence-corrected chi connectivity index (χ0v) is 19.9. The molecular weight excluding hydrogens is 432 g/mol. The smallest absolute Gasteiger partial charge is 0.233 e. The number of carbonyl (C=O) groups is 1. The quantitative estimate of drug-likeness (QED) is 0.307. The van der Waals surface area contributed by atoms with E-state index in [2.05, 4.69) is 48.3 Å². The van der Waals surface area contributed by atoms with E-state index in [-0.39, 0.29) is 17.7 Å². The molecule has 170 valence electrons. The molecule has 0 bridgehead atoms. The molecular formula is C26H28N4O2S. The van der Waals surface area contributed by atoms with E-state index in [0.717, 1.165) is 17.7 Å². The van der Waals surface area contributed by atoms with Crippen molar-refractivity contribution >= 4 is 17.7 Å². The second-order valence-corrected chi connectivity index (χ2v) is 9.25. The topological polar surface area (TPSA) is 64.2 Å². The summed E-state index contributed by atoms with van der Waals surface area (Å²) in [6, 6.07) is 23.8. The Balaban J connectivity index is 1.54. The Morgan fingerprint density at radius 3 is 2.15 bits per heavy atom. The normalized spacial score (nSPS) is 11.3. The summed E-state index contributed by atoms with van der Waals surface area (Å²) < 4.78 is 7.58. The Hall–Kier alpha value is -3.32. The SMILES string of the molecule is CC(C)Cn1c(SCC(=O)N(C)C(c2ccccc2)c2ccccc2)nnc1-c1ccco1. The summed E-state index contributed by atoms with van der Waals surface area (Å²) in [5.74, 6) is 2.04. The minimum atomic E-state index is -0.160. The van der Waals surface area contributed by atoms with Gasteiger partial charge in [-0.1, -0.05) is 86.3 Å². The minimum absolute atomic E-state index is 0.0244. The van der Waals surface area contributed by atoms with E-state index >= 15 is 0 Å². The number of furan rings is 1. The number of nitrogens with zero attached hydrogens (tertiary/aromatic N) is 4. The van der Waals surface area contributed by atoms with E-state index in [1.165, 1.54) is 11.8 Å². The first kappa shape index (κ1) is 22.9. The molecule has 0 aliphatic carbocycles. The summed E-state index contributed by atoms with van der Waals surface area (Å²) in [4.78, 5) is 15.1. The van der Waals surface area contributed by atoms with Crippen LogP contribution in [0.15, 0.2) is 88.6 Å². The third-order valence-corrected chi connectivity index (χ3v) is 6.29. The molecule has 33 heavy (non-hydrogen) atoms. The van der Waals surface area contributed by atoms with Crippen molar-refractivity contribution in [1.29, 1.82) is 0 Å². The van der Waals surface area contributed by atoms with Crippen LogP contribution in [0.25, 0.3) is 11.6 Å². The highest BCUT2D eigenvalue weighted by Gasteiger charge is 2.25. The fraction of sp³-hybridized carbons (Fsp3) is 0.269. The second kappa shape index (κ2) is 10.5. The predicted molar refractivity (Wildman–Crippen MR) is 131 cm³/mol. The van der Waals surface area contributed by atoms with Gasteiger partial charge in [-0.05, 0) is 29.2 Å². The minimum Gasteiger partial charge on any atom is -0.461 e. The summed E-state index contributed by atoms with van der Waals surface area (Å²) in [6.45, 7) is 5.03. The highest BCUT2D eigenvalue weighted by molar-refractivity contribution is 7.99. The molecule has 2 heterocycles. The Bertz CT molecular complexity index is 1120. The lowest BCUT2D eigenvalue weighted by molar-refractivity contribution is -0.128. The van der Waals surface area contributed by atoms with Gasteiger partial charge in [0.05, 0.1) is 18.1 Å². The maximum Gasteiger partial charge on any atom is 0.233 e. The number of carbonyl (C=O) groups excluding carboxylic acids is 1. The zero-order chi connectivity index (χ0) is 23.2. The Kier molecular flexibility index (Phi) is 7.29. The van der Waals surface area contributed by atoms with Gasteiger partial charge in [0, 0.05) is 13.6 Å². The van der Waals surface area contributed by atoms with Crippen molar-refractivity contribution in [2.24, 2.45) is 5.92 Å². The van der Waals surface area contributed by atoms with Crippen LogP contribution in [-0.2, 0) is 11.3 Å². The van der Waals surface area contributed by atoms with Crippen LogP contribution in [0.1, 0.15) is 31.0 Å². The van der Waals surface area contributed by atoms with Gasteiger partial charge in [-0.3, -0.25) is 9.36 Å². The number of amides is 1. The molecule has 0 saturated heterocycles. The molecule has 0 aliphatic heterocycles. The third-order valence-electron chi connectivity index (χ3n) is 5.34. The van der Waals surface area contributed by atoms with Gasteiger partial charge in [-0.15, -0.1) is 10.2 Å². The lowest BCUT2D eigenvalue weighted by Gasteiger charge is -2.29. The molecule has 6 nitrogen and oxygen atoms in total. The van der Waals surface area contributed by atoms with Crippen molar-refractivity contribution in [2.45, 2.75) is 31.6 Å². The lowest BCUT2D eigenvalue weighted by Crippen LogP contribution is -2.33. The summed E-state index contributed by atoms with van der Waals surface area (Å²) >= 11 is 1.41. The van der Waals surface area contributed by atoms with Gasteiger partial charge in [0.1, 0.15) is 0 Å². The summed E-state index contributed by atoms with van der Waals surface area (Å²) in [5, 5.41) is 9.42. The first-order valence-corrected chi connectivity index (χ1v) is 12.0. The Morgan fingerprint density at radius 2 is 1.61 bits per heavy atom.